The second-order valence-electron chi connectivity index (χ2n) is 4.23. The molecule has 2 rings (SSSR count). The molecule has 17 heavy (non-hydrogen) atoms. The van der Waals surface area contributed by atoms with Crippen molar-refractivity contribution in [2.24, 2.45) is 5.73 Å². The number of primary amides is 1. The van der Waals surface area contributed by atoms with E-state index in [-0.39, 0.29) is 17.3 Å². The SMILES string of the molecule is C[C@@H]1OCC[C@@H]1S[C@@H](C(N)=O)c1ccccc1. The number of thioether (sulfide) groups is 1. The van der Waals surface area contributed by atoms with Gasteiger partial charge in [-0.05, 0) is 18.9 Å². The minimum absolute atomic E-state index is 0.200. The molecule has 0 unspecified atom stereocenters. The molecule has 3 atom stereocenters. The van der Waals surface area contributed by atoms with E-state index in [1.165, 1.54) is 0 Å². The third kappa shape index (κ3) is 3.01. The molecule has 2 N–H and O–H groups in total. The Bertz CT molecular complexity index is 382. The van der Waals surface area contributed by atoms with E-state index in [2.05, 4.69) is 0 Å². The number of hydrogen-bond donors (Lipinski definition) is 1. The monoisotopic (exact) mass is 251 g/mol. The molecule has 1 aliphatic rings. The molecule has 1 aromatic carbocycles. The smallest absolute Gasteiger partial charge is 0.235 e. The van der Waals surface area contributed by atoms with E-state index in [0.717, 1.165) is 18.6 Å². The van der Waals surface area contributed by atoms with Crippen molar-refractivity contribution in [3.63, 3.8) is 0 Å². The summed E-state index contributed by atoms with van der Waals surface area (Å²) in [5.74, 6) is -0.277. The molecule has 0 spiro atoms. The van der Waals surface area contributed by atoms with E-state index in [9.17, 15) is 4.79 Å². The lowest BCUT2D eigenvalue weighted by molar-refractivity contribution is -0.117. The van der Waals surface area contributed by atoms with E-state index < -0.39 is 0 Å². The van der Waals surface area contributed by atoms with Crippen molar-refractivity contribution in [2.45, 2.75) is 29.9 Å². The summed E-state index contributed by atoms with van der Waals surface area (Å²) in [6.45, 7) is 2.83. The zero-order valence-electron chi connectivity index (χ0n) is 9.84. The van der Waals surface area contributed by atoms with Crippen molar-refractivity contribution in [1.29, 1.82) is 0 Å². The van der Waals surface area contributed by atoms with Crippen molar-refractivity contribution in [1.82, 2.24) is 0 Å². The van der Waals surface area contributed by atoms with Crippen molar-refractivity contribution in [2.75, 3.05) is 6.61 Å². The van der Waals surface area contributed by atoms with Crippen molar-refractivity contribution in [3.05, 3.63) is 35.9 Å². The topological polar surface area (TPSA) is 52.3 Å². The predicted molar refractivity (Wildman–Crippen MR) is 69.8 cm³/mol. The van der Waals surface area contributed by atoms with Crippen molar-refractivity contribution >= 4 is 17.7 Å². The van der Waals surface area contributed by atoms with Gasteiger partial charge in [0, 0.05) is 11.9 Å². The third-order valence-electron chi connectivity index (χ3n) is 2.98. The Labute approximate surface area is 106 Å². The summed E-state index contributed by atoms with van der Waals surface area (Å²) in [7, 11) is 0. The Morgan fingerprint density at radius 2 is 2.18 bits per heavy atom. The number of rotatable bonds is 4. The van der Waals surface area contributed by atoms with E-state index in [4.69, 9.17) is 10.5 Å². The Balaban J connectivity index is 2.11. The van der Waals surface area contributed by atoms with E-state index in [1.807, 2.05) is 37.3 Å². The van der Waals surface area contributed by atoms with Crippen LogP contribution in [0.15, 0.2) is 30.3 Å². The Morgan fingerprint density at radius 1 is 1.47 bits per heavy atom. The van der Waals surface area contributed by atoms with Gasteiger partial charge >= 0.3 is 0 Å². The fourth-order valence-electron chi connectivity index (χ4n) is 2.00. The van der Waals surface area contributed by atoms with Gasteiger partial charge in [-0.3, -0.25) is 4.79 Å². The molecular formula is C13H17NO2S. The van der Waals surface area contributed by atoms with Crippen LogP contribution in [0.3, 0.4) is 0 Å². The molecule has 3 nitrogen and oxygen atoms in total. The molecule has 1 amide bonds. The van der Waals surface area contributed by atoms with Crippen LogP contribution in [0.25, 0.3) is 0 Å². The summed E-state index contributed by atoms with van der Waals surface area (Å²) in [6.07, 6.45) is 1.19. The van der Waals surface area contributed by atoms with Gasteiger partial charge in [0.05, 0.1) is 6.10 Å². The molecule has 1 heterocycles. The second kappa shape index (κ2) is 5.56. The number of benzene rings is 1. The van der Waals surface area contributed by atoms with Crippen LogP contribution in [0.2, 0.25) is 0 Å². The molecule has 0 radical (unpaired) electrons. The van der Waals surface area contributed by atoms with E-state index in [0.29, 0.717) is 5.25 Å². The minimum atomic E-state index is -0.277. The Morgan fingerprint density at radius 3 is 2.71 bits per heavy atom. The van der Waals surface area contributed by atoms with Crippen LogP contribution >= 0.6 is 11.8 Å². The lowest BCUT2D eigenvalue weighted by Gasteiger charge is -2.20. The molecule has 92 valence electrons. The zero-order chi connectivity index (χ0) is 12.3. The van der Waals surface area contributed by atoms with Gasteiger partial charge in [-0.15, -0.1) is 11.8 Å². The van der Waals surface area contributed by atoms with Crippen LogP contribution in [0.4, 0.5) is 0 Å². The van der Waals surface area contributed by atoms with Crippen LogP contribution in [0, 0.1) is 0 Å². The summed E-state index contributed by atoms with van der Waals surface area (Å²) in [4.78, 5) is 11.6. The van der Waals surface area contributed by atoms with Gasteiger partial charge in [0.2, 0.25) is 5.91 Å². The number of amides is 1. The molecule has 1 fully saturated rings. The number of nitrogens with two attached hydrogens (primary N) is 1. The lowest BCUT2D eigenvalue weighted by atomic mass is 10.1. The Hall–Kier alpha value is -1.00. The highest BCUT2D eigenvalue weighted by Gasteiger charge is 2.30. The van der Waals surface area contributed by atoms with Gasteiger partial charge in [0.25, 0.3) is 0 Å². The number of carbonyl (C=O) groups excluding carboxylic acids is 1. The van der Waals surface area contributed by atoms with Gasteiger partial charge in [-0.1, -0.05) is 30.3 Å². The van der Waals surface area contributed by atoms with Crippen molar-refractivity contribution in [3.8, 4) is 0 Å². The standard InChI is InChI=1S/C13H17NO2S/c1-9-11(7-8-16-9)17-12(13(14)15)10-5-3-2-4-6-10/h2-6,9,11-12H,7-8H2,1H3,(H2,14,15)/t9-,11-,12+/m0/s1. The number of carbonyl (C=O) groups is 1. The normalized spacial score (nSPS) is 25.7. The predicted octanol–water partition coefficient (Wildman–Crippen LogP) is 2.12. The van der Waals surface area contributed by atoms with Gasteiger partial charge in [-0.2, -0.15) is 0 Å². The maximum Gasteiger partial charge on any atom is 0.235 e. The first-order valence-electron chi connectivity index (χ1n) is 5.80. The summed E-state index contributed by atoms with van der Waals surface area (Å²) < 4.78 is 5.51. The second-order valence-corrected chi connectivity index (χ2v) is 5.58. The molecule has 1 aromatic rings. The van der Waals surface area contributed by atoms with Crippen LogP contribution in [-0.2, 0) is 9.53 Å². The van der Waals surface area contributed by atoms with Crippen LogP contribution in [0.5, 0.6) is 0 Å². The molecular weight excluding hydrogens is 234 g/mol. The first-order valence-corrected chi connectivity index (χ1v) is 6.74. The van der Waals surface area contributed by atoms with Crippen molar-refractivity contribution < 1.29 is 9.53 Å². The quantitative estimate of drug-likeness (QED) is 0.891. The molecule has 1 aliphatic heterocycles. The first-order chi connectivity index (χ1) is 8.18. The molecule has 1 saturated heterocycles. The van der Waals surface area contributed by atoms with Gasteiger partial charge in [0.1, 0.15) is 5.25 Å². The van der Waals surface area contributed by atoms with E-state index >= 15 is 0 Å². The largest absolute Gasteiger partial charge is 0.377 e. The summed E-state index contributed by atoms with van der Waals surface area (Å²) in [6, 6.07) is 9.69. The molecule has 4 heteroatoms. The first kappa shape index (κ1) is 12.5. The minimum Gasteiger partial charge on any atom is -0.377 e. The highest BCUT2D eigenvalue weighted by atomic mass is 32.2. The van der Waals surface area contributed by atoms with Gasteiger partial charge < -0.3 is 10.5 Å². The van der Waals surface area contributed by atoms with E-state index in [1.54, 1.807) is 11.8 Å². The van der Waals surface area contributed by atoms with Crippen LogP contribution in [-0.4, -0.2) is 23.9 Å². The fraction of sp³-hybridized carbons (Fsp3) is 0.462. The number of hydrogen-bond acceptors (Lipinski definition) is 3. The lowest BCUT2D eigenvalue weighted by Crippen LogP contribution is -2.23. The van der Waals surface area contributed by atoms with Gasteiger partial charge in [0.15, 0.2) is 0 Å². The maximum absolute atomic E-state index is 11.6. The summed E-state index contributed by atoms with van der Waals surface area (Å²) in [5, 5.41) is 0.0815. The summed E-state index contributed by atoms with van der Waals surface area (Å²) >= 11 is 1.62. The third-order valence-corrected chi connectivity index (χ3v) is 4.72. The highest BCUT2D eigenvalue weighted by Crippen LogP contribution is 2.37. The molecule has 0 bridgehead atoms. The average Bonchev–Trinajstić information content (AvgIpc) is 2.72. The van der Waals surface area contributed by atoms with Crippen LogP contribution in [0.1, 0.15) is 24.2 Å². The number of ether oxygens (including phenoxy) is 1. The zero-order valence-corrected chi connectivity index (χ0v) is 10.7. The molecule has 0 saturated carbocycles. The Kier molecular flexibility index (Phi) is 4.07. The molecule has 0 aliphatic carbocycles. The van der Waals surface area contributed by atoms with Crippen LogP contribution < -0.4 is 5.73 Å². The highest BCUT2D eigenvalue weighted by molar-refractivity contribution is 8.00. The van der Waals surface area contributed by atoms with Gasteiger partial charge in [-0.25, -0.2) is 0 Å². The summed E-state index contributed by atoms with van der Waals surface area (Å²) in [5.41, 5.74) is 6.47. The molecule has 0 aromatic heterocycles. The maximum atomic E-state index is 11.6. The average molecular weight is 251 g/mol. The fourth-order valence-corrected chi connectivity index (χ4v) is 3.33.